The number of unbranched alkanes of at least 4 members (excludes halogenated alkanes) is 2. The molecule has 13 heavy (non-hydrogen) atoms. The van der Waals surface area contributed by atoms with Crippen LogP contribution in [0.15, 0.2) is 0 Å². The molecule has 0 aliphatic rings. The first-order valence-electron chi connectivity index (χ1n) is 5.97. The Labute approximate surface area is 84.1 Å². The Kier molecular flexibility index (Phi) is 7.35. The number of rotatable bonds is 8. The van der Waals surface area contributed by atoms with E-state index in [1.54, 1.807) is 0 Å². The Hall–Kier alpha value is -0.0400. The van der Waals surface area contributed by atoms with E-state index in [0.717, 1.165) is 0 Å². The lowest BCUT2D eigenvalue weighted by Gasteiger charge is -2.29. The van der Waals surface area contributed by atoms with Crippen LogP contribution in [0.1, 0.15) is 72.1 Å². The molecule has 0 rings (SSSR count). The van der Waals surface area contributed by atoms with Gasteiger partial charge in [-0.2, -0.15) is 0 Å². The first kappa shape index (κ1) is 13.0. The molecule has 0 aromatic heterocycles. The highest BCUT2D eigenvalue weighted by Gasteiger charge is 2.21. The van der Waals surface area contributed by atoms with Crippen LogP contribution < -0.4 is 5.73 Å². The largest absolute Gasteiger partial charge is 0.325 e. The summed E-state index contributed by atoms with van der Waals surface area (Å²) in [4.78, 5) is 0. The van der Waals surface area contributed by atoms with E-state index >= 15 is 0 Å². The lowest BCUT2D eigenvalue weighted by molar-refractivity contribution is 0.321. The normalized spacial score (nSPS) is 12.0. The quantitative estimate of drug-likeness (QED) is 0.571. The van der Waals surface area contributed by atoms with Crippen LogP contribution in [-0.4, -0.2) is 5.54 Å². The summed E-state index contributed by atoms with van der Waals surface area (Å²) in [6, 6.07) is 0. The zero-order valence-electron chi connectivity index (χ0n) is 9.73. The van der Waals surface area contributed by atoms with Crippen molar-refractivity contribution in [3.05, 3.63) is 0 Å². The maximum atomic E-state index is 6.36. The van der Waals surface area contributed by atoms with Gasteiger partial charge < -0.3 is 5.73 Å². The summed E-state index contributed by atoms with van der Waals surface area (Å²) in [5, 5.41) is 0. The van der Waals surface area contributed by atoms with E-state index < -0.39 is 0 Å². The average molecular weight is 185 g/mol. The first-order chi connectivity index (χ1) is 6.18. The Bertz CT molecular complexity index is 104. The minimum Gasteiger partial charge on any atom is -0.325 e. The third-order valence-electron chi connectivity index (χ3n) is 2.77. The van der Waals surface area contributed by atoms with Gasteiger partial charge in [0.05, 0.1) is 0 Å². The molecule has 1 heteroatoms. The Balaban J connectivity index is 3.76. The van der Waals surface area contributed by atoms with Crippen LogP contribution in [0.4, 0.5) is 0 Å². The Morgan fingerprint density at radius 3 is 1.69 bits per heavy atom. The fraction of sp³-hybridized carbons (Fsp3) is 1.00. The van der Waals surface area contributed by atoms with Gasteiger partial charge in [-0.15, -0.1) is 0 Å². The van der Waals surface area contributed by atoms with E-state index in [1.807, 2.05) is 0 Å². The van der Waals surface area contributed by atoms with Crippen molar-refractivity contribution >= 4 is 0 Å². The van der Waals surface area contributed by atoms with Gasteiger partial charge in [-0.25, -0.2) is 0 Å². The zero-order valence-corrected chi connectivity index (χ0v) is 9.73. The molecule has 0 aromatic rings. The van der Waals surface area contributed by atoms with Crippen molar-refractivity contribution in [2.45, 2.75) is 77.7 Å². The third-order valence-corrected chi connectivity index (χ3v) is 2.77. The van der Waals surface area contributed by atoms with Gasteiger partial charge in [-0.1, -0.05) is 52.9 Å². The molecule has 1 nitrogen and oxygen atoms in total. The topological polar surface area (TPSA) is 26.0 Å². The molecule has 0 aliphatic carbocycles. The molecule has 0 fully saturated rings. The lowest BCUT2D eigenvalue weighted by Crippen LogP contribution is -2.39. The zero-order chi connectivity index (χ0) is 10.2. The van der Waals surface area contributed by atoms with Gasteiger partial charge in [0, 0.05) is 5.54 Å². The second kappa shape index (κ2) is 7.37. The van der Waals surface area contributed by atoms with E-state index in [9.17, 15) is 0 Å². The van der Waals surface area contributed by atoms with Gasteiger partial charge in [-0.3, -0.25) is 0 Å². The van der Waals surface area contributed by atoms with Crippen molar-refractivity contribution in [1.29, 1.82) is 0 Å². The van der Waals surface area contributed by atoms with Crippen molar-refractivity contribution in [2.24, 2.45) is 5.73 Å². The van der Waals surface area contributed by atoms with E-state index in [-0.39, 0.29) is 5.54 Å². The highest BCUT2D eigenvalue weighted by molar-refractivity contribution is 4.82. The molecular formula is C12H27N. The summed E-state index contributed by atoms with van der Waals surface area (Å²) < 4.78 is 0. The standard InChI is InChI=1S/C12H27N/c1-4-7-8-11-12(13,9-5-2)10-6-3/h4-11,13H2,1-3H3. The van der Waals surface area contributed by atoms with Crippen LogP contribution >= 0.6 is 0 Å². The molecular weight excluding hydrogens is 158 g/mol. The van der Waals surface area contributed by atoms with Crippen molar-refractivity contribution in [2.75, 3.05) is 0 Å². The summed E-state index contributed by atoms with van der Waals surface area (Å²) >= 11 is 0. The summed E-state index contributed by atoms with van der Waals surface area (Å²) in [5.41, 5.74) is 6.51. The summed E-state index contributed by atoms with van der Waals surface area (Å²) in [6.07, 6.45) is 10.0. The Morgan fingerprint density at radius 1 is 0.769 bits per heavy atom. The molecule has 0 heterocycles. The monoisotopic (exact) mass is 185 g/mol. The van der Waals surface area contributed by atoms with Crippen LogP contribution in [0.25, 0.3) is 0 Å². The van der Waals surface area contributed by atoms with Crippen LogP contribution in [0.2, 0.25) is 0 Å². The molecule has 0 radical (unpaired) electrons. The molecule has 0 aromatic carbocycles. The van der Waals surface area contributed by atoms with Crippen LogP contribution in [0.3, 0.4) is 0 Å². The van der Waals surface area contributed by atoms with E-state index in [2.05, 4.69) is 20.8 Å². The smallest absolute Gasteiger partial charge is 0.0154 e. The lowest BCUT2D eigenvalue weighted by atomic mass is 9.85. The Morgan fingerprint density at radius 2 is 1.31 bits per heavy atom. The van der Waals surface area contributed by atoms with Gasteiger partial charge in [-0.05, 0) is 19.3 Å². The van der Waals surface area contributed by atoms with Gasteiger partial charge in [0.25, 0.3) is 0 Å². The minimum atomic E-state index is 0.151. The van der Waals surface area contributed by atoms with Crippen molar-refractivity contribution in [1.82, 2.24) is 0 Å². The molecule has 0 unspecified atom stereocenters. The van der Waals surface area contributed by atoms with Crippen molar-refractivity contribution in [3.8, 4) is 0 Å². The molecule has 0 atom stereocenters. The number of hydrogen-bond donors (Lipinski definition) is 1. The predicted octanol–water partition coefficient (Wildman–Crippen LogP) is 3.86. The van der Waals surface area contributed by atoms with Crippen LogP contribution in [-0.2, 0) is 0 Å². The highest BCUT2D eigenvalue weighted by Crippen LogP contribution is 2.23. The second-order valence-electron chi connectivity index (χ2n) is 4.32. The summed E-state index contributed by atoms with van der Waals surface area (Å²) in [7, 11) is 0. The highest BCUT2D eigenvalue weighted by atomic mass is 14.7. The number of hydrogen-bond acceptors (Lipinski definition) is 1. The van der Waals surface area contributed by atoms with Gasteiger partial charge in [0.15, 0.2) is 0 Å². The van der Waals surface area contributed by atoms with E-state index in [4.69, 9.17) is 5.73 Å². The fourth-order valence-corrected chi connectivity index (χ4v) is 2.10. The maximum Gasteiger partial charge on any atom is 0.0154 e. The first-order valence-corrected chi connectivity index (χ1v) is 5.97. The van der Waals surface area contributed by atoms with Crippen LogP contribution in [0, 0.1) is 0 Å². The SMILES string of the molecule is CCCCCC(N)(CCC)CCC. The number of nitrogens with two attached hydrogens (primary N) is 1. The molecule has 0 spiro atoms. The summed E-state index contributed by atoms with van der Waals surface area (Å²) in [6.45, 7) is 6.71. The van der Waals surface area contributed by atoms with Crippen LogP contribution in [0.5, 0.6) is 0 Å². The average Bonchev–Trinajstić information content (AvgIpc) is 2.05. The molecule has 2 N–H and O–H groups in total. The maximum absolute atomic E-state index is 6.36. The molecule has 0 bridgehead atoms. The predicted molar refractivity (Wildman–Crippen MR) is 60.9 cm³/mol. The second-order valence-corrected chi connectivity index (χ2v) is 4.32. The van der Waals surface area contributed by atoms with Gasteiger partial charge >= 0.3 is 0 Å². The molecule has 80 valence electrons. The fourth-order valence-electron chi connectivity index (χ4n) is 2.10. The van der Waals surface area contributed by atoms with E-state index in [0.29, 0.717) is 0 Å². The minimum absolute atomic E-state index is 0.151. The van der Waals surface area contributed by atoms with E-state index in [1.165, 1.54) is 51.4 Å². The van der Waals surface area contributed by atoms with Crippen molar-refractivity contribution in [3.63, 3.8) is 0 Å². The van der Waals surface area contributed by atoms with Gasteiger partial charge in [0.2, 0.25) is 0 Å². The van der Waals surface area contributed by atoms with Gasteiger partial charge in [0.1, 0.15) is 0 Å². The molecule has 0 amide bonds. The molecule has 0 saturated heterocycles. The third kappa shape index (κ3) is 6.09. The molecule has 0 saturated carbocycles. The molecule has 0 aliphatic heterocycles. The summed E-state index contributed by atoms with van der Waals surface area (Å²) in [5.74, 6) is 0. The van der Waals surface area contributed by atoms with Crippen molar-refractivity contribution < 1.29 is 0 Å².